The second-order valence-corrected chi connectivity index (χ2v) is 12.3. The SMILES string of the molecule is COC(=O)C1(c2ccc(Cl)c(Cl)c2)CC1CN1CCC(c2ccccc2)(N(C)C(C)=O)CC1.C[C@H](N)c1ccccc1. The van der Waals surface area contributed by atoms with E-state index < -0.39 is 5.41 Å². The van der Waals surface area contributed by atoms with Gasteiger partial charge in [-0.25, -0.2) is 0 Å². The molecule has 1 aliphatic carbocycles. The lowest BCUT2D eigenvalue weighted by Gasteiger charge is -2.47. The Balaban J connectivity index is 0.000000385. The number of amides is 1. The van der Waals surface area contributed by atoms with Crippen molar-refractivity contribution in [2.75, 3.05) is 33.8 Å². The molecule has 1 amide bonds. The predicted molar refractivity (Wildman–Crippen MR) is 170 cm³/mol. The van der Waals surface area contributed by atoms with Crippen molar-refractivity contribution in [3.8, 4) is 0 Å². The molecule has 2 aliphatic rings. The molecule has 2 fully saturated rings. The zero-order valence-corrected chi connectivity index (χ0v) is 26.4. The van der Waals surface area contributed by atoms with Gasteiger partial charge in [-0.2, -0.15) is 0 Å². The zero-order valence-electron chi connectivity index (χ0n) is 24.9. The Bertz CT molecular complexity index is 1360. The van der Waals surface area contributed by atoms with Crippen LogP contribution in [0.2, 0.25) is 10.0 Å². The molecule has 1 saturated heterocycles. The van der Waals surface area contributed by atoms with Gasteiger partial charge in [0.15, 0.2) is 0 Å². The van der Waals surface area contributed by atoms with Crippen LogP contribution in [0.4, 0.5) is 0 Å². The van der Waals surface area contributed by atoms with Gasteiger partial charge >= 0.3 is 5.97 Å². The molecule has 1 saturated carbocycles. The first kappa shape index (κ1) is 32.0. The number of esters is 1. The topological polar surface area (TPSA) is 75.9 Å². The monoisotopic (exact) mass is 609 g/mol. The highest BCUT2D eigenvalue weighted by atomic mass is 35.5. The normalized spacial score (nSPS) is 21.8. The van der Waals surface area contributed by atoms with Gasteiger partial charge in [-0.3, -0.25) is 9.59 Å². The van der Waals surface area contributed by atoms with Gasteiger partial charge < -0.3 is 20.3 Å². The van der Waals surface area contributed by atoms with Gasteiger partial charge in [-0.1, -0.05) is 89.9 Å². The number of piperidine rings is 1. The highest BCUT2D eigenvalue weighted by Gasteiger charge is 2.62. The third-order valence-electron chi connectivity index (χ3n) is 9.00. The highest BCUT2D eigenvalue weighted by molar-refractivity contribution is 6.42. The number of carbonyl (C=O) groups excluding carboxylic acids is 2. The number of hydrogen-bond acceptors (Lipinski definition) is 5. The van der Waals surface area contributed by atoms with Crippen molar-refractivity contribution in [2.24, 2.45) is 11.7 Å². The molecule has 8 heteroatoms. The fourth-order valence-electron chi connectivity index (χ4n) is 6.27. The van der Waals surface area contributed by atoms with E-state index in [-0.39, 0.29) is 29.4 Å². The molecular weight excluding hydrogens is 569 g/mol. The second-order valence-electron chi connectivity index (χ2n) is 11.5. The minimum atomic E-state index is -0.673. The number of rotatable bonds is 7. The maximum atomic E-state index is 12.8. The molecule has 1 heterocycles. The number of ether oxygens (including phenoxy) is 1. The summed E-state index contributed by atoms with van der Waals surface area (Å²) in [7, 11) is 3.34. The van der Waals surface area contributed by atoms with Crippen molar-refractivity contribution in [3.63, 3.8) is 0 Å². The van der Waals surface area contributed by atoms with Crippen molar-refractivity contribution in [3.05, 3.63) is 106 Å². The summed E-state index contributed by atoms with van der Waals surface area (Å²) in [5, 5.41) is 0.918. The molecule has 2 N–H and O–H groups in total. The Hall–Kier alpha value is -2.90. The Morgan fingerprint density at radius 1 is 0.976 bits per heavy atom. The summed E-state index contributed by atoms with van der Waals surface area (Å²) in [6.07, 6.45) is 2.42. The molecular formula is C34H41Cl2N3O3. The minimum absolute atomic E-state index is 0.0684. The van der Waals surface area contributed by atoms with Crippen molar-refractivity contribution in [1.29, 1.82) is 0 Å². The summed E-state index contributed by atoms with van der Waals surface area (Å²) in [6.45, 7) is 6.10. The molecule has 6 nitrogen and oxygen atoms in total. The number of likely N-dealkylation sites (tertiary alicyclic amines) is 1. The molecule has 224 valence electrons. The number of carbonyl (C=O) groups is 2. The summed E-state index contributed by atoms with van der Waals surface area (Å²) in [6, 6.07) is 25.9. The van der Waals surface area contributed by atoms with Crippen LogP contribution in [0.25, 0.3) is 0 Å². The third-order valence-corrected chi connectivity index (χ3v) is 9.74. The van der Waals surface area contributed by atoms with Crippen molar-refractivity contribution >= 4 is 35.1 Å². The number of nitrogens with two attached hydrogens (primary N) is 1. The van der Waals surface area contributed by atoms with Gasteiger partial charge in [0.2, 0.25) is 5.91 Å². The maximum absolute atomic E-state index is 12.8. The van der Waals surface area contributed by atoms with Gasteiger partial charge in [-0.05, 0) is 60.9 Å². The summed E-state index contributed by atoms with van der Waals surface area (Å²) in [5.74, 6) is -0.00591. The van der Waals surface area contributed by atoms with Crippen LogP contribution < -0.4 is 5.73 Å². The summed E-state index contributed by atoms with van der Waals surface area (Å²) < 4.78 is 5.19. The molecule has 3 aromatic rings. The van der Waals surface area contributed by atoms with E-state index in [9.17, 15) is 9.59 Å². The first-order valence-corrected chi connectivity index (χ1v) is 15.2. The van der Waals surface area contributed by atoms with Crippen molar-refractivity contribution < 1.29 is 14.3 Å². The molecule has 3 atom stereocenters. The predicted octanol–water partition coefficient (Wildman–Crippen LogP) is 6.60. The number of benzene rings is 3. The van der Waals surface area contributed by atoms with Crippen LogP contribution in [0.1, 0.15) is 55.8 Å². The molecule has 1 aliphatic heterocycles. The molecule has 0 radical (unpaired) electrons. The van der Waals surface area contributed by atoms with E-state index in [0.717, 1.165) is 44.5 Å². The Morgan fingerprint density at radius 3 is 2.07 bits per heavy atom. The van der Waals surface area contributed by atoms with E-state index in [1.54, 1.807) is 19.1 Å². The van der Waals surface area contributed by atoms with Gasteiger partial charge in [-0.15, -0.1) is 0 Å². The van der Waals surface area contributed by atoms with Crippen LogP contribution in [-0.4, -0.2) is 55.5 Å². The Labute approximate surface area is 259 Å². The highest BCUT2D eigenvalue weighted by Crippen LogP contribution is 2.56. The minimum Gasteiger partial charge on any atom is -0.468 e. The number of halogens is 2. The van der Waals surface area contributed by atoms with E-state index >= 15 is 0 Å². The van der Waals surface area contributed by atoms with Gasteiger partial charge in [0.05, 0.1) is 28.1 Å². The van der Waals surface area contributed by atoms with Crippen LogP contribution in [0, 0.1) is 5.92 Å². The molecule has 0 spiro atoms. The smallest absolute Gasteiger partial charge is 0.316 e. The van der Waals surface area contributed by atoms with Gasteiger partial charge in [0.25, 0.3) is 0 Å². The van der Waals surface area contributed by atoms with E-state index in [0.29, 0.717) is 10.0 Å². The van der Waals surface area contributed by atoms with E-state index in [1.807, 2.05) is 73.5 Å². The average Bonchev–Trinajstić information content (AvgIpc) is 3.74. The van der Waals surface area contributed by atoms with E-state index in [4.69, 9.17) is 33.7 Å². The lowest BCUT2D eigenvalue weighted by Crippen LogP contribution is -2.53. The first-order chi connectivity index (χ1) is 20.0. The molecule has 0 bridgehead atoms. The third kappa shape index (κ3) is 6.68. The molecule has 5 rings (SSSR count). The first-order valence-electron chi connectivity index (χ1n) is 14.4. The second kappa shape index (κ2) is 13.6. The maximum Gasteiger partial charge on any atom is 0.316 e. The largest absolute Gasteiger partial charge is 0.468 e. The van der Waals surface area contributed by atoms with Crippen molar-refractivity contribution in [1.82, 2.24) is 9.80 Å². The van der Waals surface area contributed by atoms with E-state index in [2.05, 4.69) is 17.0 Å². The van der Waals surface area contributed by atoms with Crippen LogP contribution in [0.3, 0.4) is 0 Å². The quantitative estimate of drug-likeness (QED) is 0.305. The summed E-state index contributed by atoms with van der Waals surface area (Å²) >= 11 is 12.4. The molecule has 42 heavy (non-hydrogen) atoms. The van der Waals surface area contributed by atoms with E-state index in [1.165, 1.54) is 18.2 Å². The molecule has 3 aromatic carbocycles. The Morgan fingerprint density at radius 2 is 1.57 bits per heavy atom. The van der Waals surface area contributed by atoms with Gasteiger partial charge in [0.1, 0.15) is 0 Å². The van der Waals surface area contributed by atoms with Crippen LogP contribution in [0.15, 0.2) is 78.9 Å². The zero-order chi connectivity index (χ0) is 30.5. The lowest BCUT2D eigenvalue weighted by atomic mass is 9.79. The fourth-order valence-corrected chi connectivity index (χ4v) is 6.57. The summed E-state index contributed by atoms with van der Waals surface area (Å²) in [4.78, 5) is 29.5. The molecule has 0 aromatic heterocycles. The Kier molecular flexibility index (Phi) is 10.4. The number of hydrogen-bond donors (Lipinski definition) is 1. The standard InChI is InChI=1S/C26H30Cl2N2O3.C8H11N/c1-18(31)29(2)25(19-7-5-4-6-8-19)11-13-30(14-12-25)17-21-16-26(21,24(32)33-3)20-9-10-22(27)23(28)15-20;1-7(9)8-5-3-2-4-6-8/h4-10,15,21H,11-14,16-17H2,1-3H3;2-7H,9H2,1H3/t;7-/m.0/s1. The van der Waals surface area contributed by atoms with Gasteiger partial charge in [0, 0.05) is 39.6 Å². The van der Waals surface area contributed by atoms with Crippen LogP contribution in [-0.2, 0) is 25.3 Å². The van der Waals surface area contributed by atoms with Crippen LogP contribution in [0.5, 0.6) is 0 Å². The van der Waals surface area contributed by atoms with Crippen molar-refractivity contribution in [2.45, 2.75) is 50.1 Å². The number of nitrogens with zero attached hydrogens (tertiary/aromatic N) is 2. The fraction of sp³-hybridized carbons (Fsp3) is 0.412. The lowest BCUT2D eigenvalue weighted by molar-refractivity contribution is -0.144. The average molecular weight is 611 g/mol. The molecule has 2 unspecified atom stereocenters. The number of methoxy groups -OCH3 is 1. The van der Waals surface area contributed by atoms with Crippen LogP contribution >= 0.6 is 23.2 Å². The summed E-state index contributed by atoms with van der Waals surface area (Å²) in [5.41, 5.74) is 7.86.